The van der Waals surface area contributed by atoms with Crippen molar-refractivity contribution < 1.29 is 25.9 Å². The number of benzene rings is 2. The molecule has 0 aliphatic rings. The van der Waals surface area contributed by atoms with Crippen LogP contribution < -0.4 is 22.1 Å². The van der Waals surface area contributed by atoms with Crippen LogP contribution in [0, 0.1) is 0 Å². The van der Waals surface area contributed by atoms with Gasteiger partial charge in [0.1, 0.15) is 9.79 Å². The van der Waals surface area contributed by atoms with Crippen LogP contribution in [0.1, 0.15) is 11.1 Å². The molecular weight excluding hydrogens is 611 g/mol. The molecule has 0 unspecified atom stereocenters. The first-order chi connectivity index (χ1) is 18.7. The van der Waals surface area contributed by atoms with Crippen molar-refractivity contribution in [2.45, 2.75) is 9.79 Å². The van der Waals surface area contributed by atoms with Gasteiger partial charge in [0, 0.05) is 11.4 Å². The van der Waals surface area contributed by atoms with Gasteiger partial charge in [-0.15, -0.1) is 0 Å². The van der Waals surface area contributed by atoms with Gasteiger partial charge >= 0.3 is 0 Å². The molecule has 16 nitrogen and oxygen atoms in total. The van der Waals surface area contributed by atoms with Gasteiger partial charge in [-0.2, -0.15) is 46.7 Å². The maximum absolute atomic E-state index is 12.1. The predicted molar refractivity (Wildman–Crippen MR) is 147 cm³/mol. The second-order valence-electron chi connectivity index (χ2n) is 7.61. The summed E-state index contributed by atoms with van der Waals surface area (Å²) in [6.07, 6.45) is 2.43. The Balaban J connectivity index is 1.69. The fourth-order valence-corrected chi connectivity index (χ4v) is 4.98. The summed E-state index contributed by atoms with van der Waals surface area (Å²) in [6.45, 7) is 0. The van der Waals surface area contributed by atoms with Crippen LogP contribution in [0.5, 0.6) is 0 Å². The van der Waals surface area contributed by atoms with Gasteiger partial charge in [-0.3, -0.25) is 9.11 Å². The van der Waals surface area contributed by atoms with Crippen molar-refractivity contribution in [2.24, 2.45) is 0 Å². The Labute approximate surface area is 236 Å². The van der Waals surface area contributed by atoms with E-state index < -0.39 is 30.0 Å². The van der Waals surface area contributed by atoms with E-state index in [2.05, 4.69) is 40.5 Å². The molecule has 0 bridgehead atoms. The summed E-state index contributed by atoms with van der Waals surface area (Å²) in [5.41, 5.74) is 11.3. The summed E-state index contributed by atoms with van der Waals surface area (Å²) < 4.78 is 68.0. The number of halogens is 2. The molecule has 4 rings (SSSR count). The van der Waals surface area contributed by atoms with Crippen LogP contribution in [0.15, 0.2) is 46.2 Å². The smallest absolute Gasteiger partial charge is 0.295 e. The maximum Gasteiger partial charge on any atom is 0.295 e. The number of hydrogen-bond donors (Lipinski definition) is 6. The molecule has 0 spiro atoms. The first-order valence-corrected chi connectivity index (χ1v) is 14.1. The highest BCUT2D eigenvalue weighted by Gasteiger charge is 2.18. The van der Waals surface area contributed by atoms with Gasteiger partial charge in [-0.1, -0.05) is 24.3 Å². The Morgan fingerprint density at radius 2 is 1.02 bits per heavy atom. The van der Waals surface area contributed by atoms with E-state index in [-0.39, 0.29) is 56.9 Å². The first kappa shape index (κ1) is 28.8. The lowest BCUT2D eigenvalue weighted by atomic mass is 10.1. The van der Waals surface area contributed by atoms with Crippen molar-refractivity contribution in [1.29, 1.82) is 0 Å². The van der Waals surface area contributed by atoms with Gasteiger partial charge in [0.25, 0.3) is 20.2 Å². The first-order valence-electron chi connectivity index (χ1n) is 10.5. The molecule has 0 aliphatic heterocycles. The number of hydrogen-bond acceptors (Lipinski definition) is 14. The molecule has 2 heterocycles. The van der Waals surface area contributed by atoms with Crippen molar-refractivity contribution in [1.82, 2.24) is 29.9 Å². The molecular formula is C20H16Cl2N10O6S2. The highest BCUT2D eigenvalue weighted by molar-refractivity contribution is 7.86. The number of rotatable bonds is 8. The normalized spacial score (nSPS) is 12.0. The Morgan fingerprint density at radius 3 is 1.35 bits per heavy atom. The summed E-state index contributed by atoms with van der Waals surface area (Å²) in [5, 5.41) is 4.96. The highest BCUT2D eigenvalue weighted by Crippen LogP contribution is 2.28. The minimum Gasteiger partial charge on any atom is -0.368 e. The molecule has 8 N–H and O–H groups in total. The van der Waals surface area contributed by atoms with Gasteiger partial charge in [0.2, 0.25) is 34.4 Å². The second-order valence-corrected chi connectivity index (χ2v) is 11.1. The fourth-order valence-electron chi connectivity index (χ4n) is 3.23. The van der Waals surface area contributed by atoms with Crippen LogP contribution in [-0.2, 0) is 20.2 Å². The number of nitrogens with one attached hydrogen (secondary N) is 2. The molecule has 0 amide bonds. The topological polar surface area (TPSA) is 262 Å². The quantitative estimate of drug-likeness (QED) is 0.121. The average Bonchev–Trinajstić information content (AvgIpc) is 2.81. The molecule has 0 aliphatic carbocycles. The van der Waals surface area contributed by atoms with Gasteiger partial charge in [0.15, 0.2) is 0 Å². The number of nitrogens with two attached hydrogens (primary N) is 2. The summed E-state index contributed by atoms with van der Waals surface area (Å²) >= 11 is 11.5. The summed E-state index contributed by atoms with van der Waals surface area (Å²) in [5.74, 6) is -0.547. The van der Waals surface area contributed by atoms with Gasteiger partial charge in [-0.05, 0) is 58.6 Å². The van der Waals surface area contributed by atoms with Crippen LogP contribution >= 0.6 is 23.2 Å². The average molecular weight is 627 g/mol. The Bertz CT molecular complexity index is 1700. The van der Waals surface area contributed by atoms with Crippen LogP contribution in [0.2, 0.25) is 10.6 Å². The fraction of sp³-hybridized carbons (Fsp3) is 0. The molecule has 4 aromatic rings. The standard InChI is InChI=1S/C20H16Cl2N10O6S2/c21-15-27-17(23)31-19(29-15)25-11-5-3-9(13(7-11)39(33,34)35)1-2-10-4-6-12(8-14(10)40(36,37)38)26-20-30-16(22)28-18(24)32-20/h1-8H,(H,33,34,35)(H,36,37,38)(H3,23,25,27,29,31)(H3,24,26,28,30,32). The molecule has 40 heavy (non-hydrogen) atoms. The Kier molecular flexibility index (Phi) is 8.00. The minimum atomic E-state index is -4.77. The SMILES string of the molecule is Nc1nc(Cl)nc(Nc2ccc(C=Cc3ccc(Nc4nc(N)nc(Cl)n4)cc3S(=O)(=O)O)c(S(=O)(=O)O)c2)n1. The van der Waals surface area contributed by atoms with Crippen molar-refractivity contribution in [3.63, 3.8) is 0 Å². The van der Waals surface area contributed by atoms with Crippen molar-refractivity contribution in [2.75, 3.05) is 22.1 Å². The van der Waals surface area contributed by atoms with E-state index in [0.717, 1.165) is 12.1 Å². The zero-order valence-corrected chi connectivity index (χ0v) is 22.7. The van der Waals surface area contributed by atoms with Gasteiger partial charge in [0.05, 0.1) is 0 Å². The van der Waals surface area contributed by atoms with E-state index in [1.807, 2.05) is 0 Å². The Hall–Kier alpha value is -4.20. The van der Waals surface area contributed by atoms with E-state index >= 15 is 0 Å². The second kappa shape index (κ2) is 11.1. The maximum atomic E-state index is 12.1. The molecule has 0 saturated heterocycles. The largest absolute Gasteiger partial charge is 0.368 e. The lowest BCUT2D eigenvalue weighted by Gasteiger charge is -2.10. The third kappa shape index (κ3) is 7.25. The minimum absolute atomic E-state index is 0.0277. The zero-order chi connectivity index (χ0) is 29.2. The van der Waals surface area contributed by atoms with Crippen molar-refractivity contribution in [3.05, 3.63) is 58.1 Å². The molecule has 0 saturated carbocycles. The molecule has 208 valence electrons. The molecule has 0 radical (unpaired) electrons. The molecule has 0 fully saturated rings. The summed E-state index contributed by atoms with van der Waals surface area (Å²) in [7, 11) is -9.54. The van der Waals surface area contributed by atoms with E-state index in [0.29, 0.717) is 0 Å². The van der Waals surface area contributed by atoms with Crippen molar-refractivity contribution in [3.8, 4) is 0 Å². The Morgan fingerprint density at radius 1 is 0.650 bits per heavy atom. The van der Waals surface area contributed by atoms with Gasteiger partial charge < -0.3 is 22.1 Å². The summed E-state index contributed by atoms with van der Waals surface area (Å²) in [4.78, 5) is 21.4. The third-order valence-corrected chi connectivity index (χ3v) is 6.95. The van der Waals surface area contributed by atoms with E-state index in [1.165, 1.54) is 36.4 Å². The molecule has 2 aromatic carbocycles. The summed E-state index contributed by atoms with van der Waals surface area (Å²) in [6, 6.07) is 7.61. The molecule has 2 aromatic heterocycles. The van der Waals surface area contributed by atoms with E-state index in [4.69, 9.17) is 34.7 Å². The van der Waals surface area contributed by atoms with Gasteiger partial charge in [-0.25, -0.2) is 0 Å². The van der Waals surface area contributed by atoms with Crippen LogP contribution in [-0.4, -0.2) is 55.8 Å². The lowest BCUT2D eigenvalue weighted by molar-refractivity contribution is 0.480. The molecule has 20 heteroatoms. The van der Waals surface area contributed by atoms with E-state index in [9.17, 15) is 25.9 Å². The van der Waals surface area contributed by atoms with Crippen LogP contribution in [0.4, 0.5) is 35.2 Å². The predicted octanol–water partition coefficient (Wildman–Crippen LogP) is 2.68. The number of nitrogens with zero attached hydrogens (tertiary/aromatic N) is 6. The van der Waals surface area contributed by atoms with E-state index in [1.54, 1.807) is 0 Å². The zero-order valence-electron chi connectivity index (χ0n) is 19.6. The molecule has 0 atom stereocenters. The highest BCUT2D eigenvalue weighted by atomic mass is 35.5. The van der Waals surface area contributed by atoms with Crippen LogP contribution in [0.3, 0.4) is 0 Å². The monoisotopic (exact) mass is 626 g/mol. The number of nitrogen functional groups attached to an aromatic ring is 2. The number of anilines is 6. The van der Waals surface area contributed by atoms with Crippen LogP contribution in [0.25, 0.3) is 12.2 Å². The third-order valence-electron chi connectivity index (χ3n) is 4.79. The number of aromatic nitrogens is 6. The lowest BCUT2D eigenvalue weighted by Crippen LogP contribution is -2.06. The van der Waals surface area contributed by atoms with Crippen molar-refractivity contribution >= 4 is 90.8 Å².